The lowest BCUT2D eigenvalue weighted by molar-refractivity contribution is -0.389. The fourth-order valence-corrected chi connectivity index (χ4v) is 2.63. The summed E-state index contributed by atoms with van der Waals surface area (Å²) in [4.78, 5) is 13.9. The number of ether oxygens (including phenoxy) is 3. The second-order valence-corrected chi connectivity index (χ2v) is 5.70. The molecule has 1 atom stereocenters. The van der Waals surface area contributed by atoms with Gasteiger partial charge in [-0.1, -0.05) is 6.07 Å². The molecule has 1 aromatic carbocycles. The number of alkyl halides is 3. The Kier molecular flexibility index (Phi) is 5.08. The Labute approximate surface area is 150 Å². The highest BCUT2D eigenvalue weighted by molar-refractivity contribution is 5.40. The van der Waals surface area contributed by atoms with E-state index in [1.165, 1.54) is 30.0 Å². The molecule has 2 aromatic rings. The molecule has 1 aliphatic rings. The zero-order valence-corrected chi connectivity index (χ0v) is 14.0. The van der Waals surface area contributed by atoms with Gasteiger partial charge in [0.05, 0.1) is 13.2 Å². The van der Waals surface area contributed by atoms with Crippen molar-refractivity contribution in [3.63, 3.8) is 0 Å². The van der Waals surface area contributed by atoms with Gasteiger partial charge >= 0.3 is 18.2 Å². The molecule has 1 aliphatic heterocycles. The van der Waals surface area contributed by atoms with E-state index in [0.29, 0.717) is 12.1 Å². The molecule has 27 heavy (non-hydrogen) atoms. The maximum absolute atomic E-state index is 12.3. The first-order chi connectivity index (χ1) is 12.7. The van der Waals surface area contributed by atoms with Crippen LogP contribution in [0.1, 0.15) is 5.56 Å². The minimum Gasteiger partial charge on any atom is -0.496 e. The molecule has 0 radical (unpaired) electrons. The van der Waals surface area contributed by atoms with E-state index in [0.717, 1.165) is 6.07 Å². The first-order valence-electron chi connectivity index (χ1n) is 7.75. The van der Waals surface area contributed by atoms with Crippen molar-refractivity contribution in [3.05, 3.63) is 40.1 Å². The Morgan fingerprint density at radius 3 is 2.93 bits per heavy atom. The third-order valence-electron chi connectivity index (χ3n) is 3.82. The van der Waals surface area contributed by atoms with Gasteiger partial charge in [0.1, 0.15) is 24.3 Å². The SMILES string of the molecule is COc1cc(OC(F)(F)F)ccc1CN[C@@H]1COc2nc([N+](=O)[O-])cn2C1. The number of hydrogen-bond donors (Lipinski definition) is 1. The molecule has 9 nitrogen and oxygen atoms in total. The van der Waals surface area contributed by atoms with Crippen molar-refractivity contribution in [1.29, 1.82) is 0 Å². The lowest BCUT2D eigenvalue weighted by atomic mass is 10.1. The van der Waals surface area contributed by atoms with Crippen molar-refractivity contribution in [2.75, 3.05) is 13.7 Å². The Morgan fingerprint density at radius 1 is 1.48 bits per heavy atom. The van der Waals surface area contributed by atoms with E-state index in [-0.39, 0.29) is 42.5 Å². The van der Waals surface area contributed by atoms with Crippen molar-refractivity contribution in [1.82, 2.24) is 14.9 Å². The Bertz CT molecular complexity index is 839. The van der Waals surface area contributed by atoms with Gasteiger partial charge in [-0.15, -0.1) is 13.2 Å². The van der Waals surface area contributed by atoms with E-state index in [1.807, 2.05) is 0 Å². The van der Waals surface area contributed by atoms with Crippen LogP contribution in [0.5, 0.6) is 17.5 Å². The molecule has 3 rings (SSSR count). The van der Waals surface area contributed by atoms with Crippen LogP contribution in [0, 0.1) is 10.1 Å². The van der Waals surface area contributed by atoms with E-state index >= 15 is 0 Å². The van der Waals surface area contributed by atoms with E-state index in [2.05, 4.69) is 15.0 Å². The summed E-state index contributed by atoms with van der Waals surface area (Å²) in [5, 5.41) is 13.9. The molecule has 0 unspecified atom stereocenters. The Balaban J connectivity index is 1.63. The lowest BCUT2D eigenvalue weighted by Crippen LogP contribution is -2.41. The van der Waals surface area contributed by atoms with E-state index in [4.69, 9.17) is 9.47 Å². The number of imidazole rings is 1. The van der Waals surface area contributed by atoms with Gasteiger partial charge in [0.25, 0.3) is 0 Å². The number of hydrogen-bond acceptors (Lipinski definition) is 7. The van der Waals surface area contributed by atoms with Gasteiger partial charge in [0.2, 0.25) is 0 Å². The fourth-order valence-electron chi connectivity index (χ4n) is 2.63. The predicted molar refractivity (Wildman–Crippen MR) is 84.7 cm³/mol. The van der Waals surface area contributed by atoms with Gasteiger partial charge in [-0.05, 0) is 11.0 Å². The van der Waals surface area contributed by atoms with Crippen LogP contribution < -0.4 is 19.5 Å². The first-order valence-corrected chi connectivity index (χ1v) is 7.75. The molecule has 146 valence electrons. The molecule has 0 fully saturated rings. The summed E-state index contributed by atoms with van der Waals surface area (Å²) < 4.78 is 52.8. The molecule has 0 spiro atoms. The highest BCUT2D eigenvalue weighted by atomic mass is 19.4. The number of nitro groups is 1. The predicted octanol–water partition coefficient (Wildman–Crippen LogP) is 2.25. The normalized spacial score (nSPS) is 16.4. The van der Waals surface area contributed by atoms with Crippen LogP contribution in [0.2, 0.25) is 0 Å². The number of rotatable bonds is 6. The smallest absolute Gasteiger partial charge is 0.496 e. The average Bonchev–Trinajstić information content (AvgIpc) is 3.02. The van der Waals surface area contributed by atoms with Crippen LogP contribution in [0.15, 0.2) is 24.4 Å². The van der Waals surface area contributed by atoms with Crippen molar-refractivity contribution in [2.45, 2.75) is 25.5 Å². The maximum atomic E-state index is 12.3. The van der Waals surface area contributed by atoms with Crippen LogP contribution in [0.25, 0.3) is 0 Å². The molecule has 12 heteroatoms. The third-order valence-corrected chi connectivity index (χ3v) is 3.82. The van der Waals surface area contributed by atoms with E-state index in [1.54, 1.807) is 0 Å². The van der Waals surface area contributed by atoms with Gasteiger partial charge in [-0.3, -0.25) is 4.57 Å². The van der Waals surface area contributed by atoms with Crippen molar-refractivity contribution in [3.8, 4) is 17.5 Å². The third kappa shape index (κ3) is 4.58. The van der Waals surface area contributed by atoms with Gasteiger partial charge in [0, 0.05) is 29.7 Å². The van der Waals surface area contributed by atoms with Crippen LogP contribution in [-0.2, 0) is 13.1 Å². The summed E-state index contributed by atoms with van der Waals surface area (Å²) in [6.07, 6.45) is -3.50. The van der Waals surface area contributed by atoms with E-state index < -0.39 is 11.3 Å². The number of halogens is 3. The quantitative estimate of drug-likeness (QED) is 0.598. The highest BCUT2D eigenvalue weighted by Gasteiger charge is 2.31. The number of aromatic nitrogens is 2. The molecule has 0 amide bonds. The second-order valence-electron chi connectivity index (χ2n) is 5.70. The number of methoxy groups -OCH3 is 1. The van der Waals surface area contributed by atoms with Crippen LogP contribution in [0.3, 0.4) is 0 Å². The average molecular weight is 388 g/mol. The van der Waals surface area contributed by atoms with Crippen LogP contribution in [0.4, 0.5) is 19.0 Å². The minimum absolute atomic E-state index is 0.172. The summed E-state index contributed by atoms with van der Waals surface area (Å²) in [6.45, 7) is 0.926. The van der Waals surface area contributed by atoms with Crippen molar-refractivity contribution >= 4 is 5.82 Å². The standard InChI is InChI=1S/C15H15F3N4O5/c1-25-12-4-11(27-15(16,17)18)3-2-9(12)5-19-10-6-21-7-13(22(23)24)20-14(21)26-8-10/h2-4,7,10,19H,5-6,8H2,1H3/t10-/m0/s1. The summed E-state index contributed by atoms with van der Waals surface area (Å²) in [6, 6.07) is 3.80. The molecule has 1 N–H and O–H groups in total. The monoisotopic (exact) mass is 388 g/mol. The Morgan fingerprint density at radius 2 is 2.26 bits per heavy atom. The van der Waals surface area contributed by atoms with Gasteiger partial charge < -0.3 is 29.6 Å². The fraction of sp³-hybridized carbons (Fsp3) is 0.400. The first kappa shape index (κ1) is 18.8. The van der Waals surface area contributed by atoms with Crippen molar-refractivity contribution in [2.24, 2.45) is 0 Å². The number of nitrogens with one attached hydrogen (secondary N) is 1. The Hall–Kier alpha value is -3.02. The van der Waals surface area contributed by atoms with Gasteiger partial charge in [-0.2, -0.15) is 0 Å². The topological polar surface area (TPSA) is 101 Å². The largest absolute Gasteiger partial charge is 0.573 e. The molecule has 0 aliphatic carbocycles. The molecular formula is C15H15F3N4O5. The molecule has 0 saturated carbocycles. The molecule has 0 saturated heterocycles. The summed E-state index contributed by atoms with van der Waals surface area (Å²) in [5.74, 6) is -0.438. The number of benzene rings is 1. The number of nitrogens with zero attached hydrogens (tertiary/aromatic N) is 3. The zero-order chi connectivity index (χ0) is 19.6. The minimum atomic E-state index is -4.78. The second kappa shape index (κ2) is 7.31. The lowest BCUT2D eigenvalue weighted by Gasteiger charge is -2.23. The summed E-state index contributed by atoms with van der Waals surface area (Å²) in [5.41, 5.74) is 0.620. The number of fused-ring (bicyclic) bond motifs is 1. The van der Waals surface area contributed by atoms with Crippen LogP contribution in [-0.4, -0.2) is 40.6 Å². The maximum Gasteiger partial charge on any atom is 0.573 e. The summed E-state index contributed by atoms with van der Waals surface area (Å²) >= 11 is 0. The molecule has 2 heterocycles. The molecular weight excluding hydrogens is 373 g/mol. The van der Waals surface area contributed by atoms with Crippen LogP contribution >= 0.6 is 0 Å². The van der Waals surface area contributed by atoms with Gasteiger partial charge in [-0.25, -0.2) is 0 Å². The van der Waals surface area contributed by atoms with E-state index in [9.17, 15) is 23.3 Å². The molecule has 1 aromatic heterocycles. The van der Waals surface area contributed by atoms with Gasteiger partial charge in [0.15, 0.2) is 0 Å². The zero-order valence-electron chi connectivity index (χ0n) is 14.0. The van der Waals surface area contributed by atoms with Crippen molar-refractivity contribution < 1.29 is 32.3 Å². The highest BCUT2D eigenvalue weighted by Crippen LogP contribution is 2.29. The summed E-state index contributed by atoms with van der Waals surface area (Å²) in [7, 11) is 1.34. The molecule has 0 bridgehead atoms.